The molecule has 0 aromatic heterocycles. The van der Waals surface area contributed by atoms with Crippen LogP contribution >= 0.6 is 0 Å². The van der Waals surface area contributed by atoms with Gasteiger partial charge in [0.15, 0.2) is 0 Å². The molecule has 0 unspecified atom stereocenters. The zero-order valence-electron chi connectivity index (χ0n) is 12.7. The van der Waals surface area contributed by atoms with Crippen LogP contribution in [0.25, 0.3) is 6.08 Å². The van der Waals surface area contributed by atoms with Crippen molar-refractivity contribution in [1.82, 2.24) is 9.80 Å². The molecule has 5 nitrogen and oxygen atoms in total. The van der Waals surface area contributed by atoms with Crippen LogP contribution in [0, 0.1) is 0 Å². The van der Waals surface area contributed by atoms with E-state index in [4.69, 9.17) is 0 Å². The standard InChI is InChI=1S/C16H20N2O3Se/c1-3-4-5-8-18-15(21)13(17(2)16(18)22)9-11-6-7-12(19)10-14(11)20/h6-7,9-10,19-20H,3-5,8H2,1-2H3. The summed E-state index contributed by atoms with van der Waals surface area (Å²) in [7, 11) is 1.81. The number of phenolic OH excluding ortho intramolecular Hbond substituents is 2. The number of amides is 1. The monoisotopic (exact) mass is 368 g/mol. The number of carbonyl (C=O) groups excluding carboxylic acids is 1. The van der Waals surface area contributed by atoms with Gasteiger partial charge in [0, 0.05) is 0 Å². The van der Waals surface area contributed by atoms with Crippen molar-refractivity contribution < 1.29 is 15.0 Å². The van der Waals surface area contributed by atoms with E-state index >= 15 is 0 Å². The van der Waals surface area contributed by atoms with E-state index in [0.29, 0.717) is 17.8 Å². The van der Waals surface area contributed by atoms with Gasteiger partial charge in [0.1, 0.15) is 0 Å². The number of nitrogens with zero attached hydrogens (tertiary/aromatic N) is 2. The second kappa shape index (κ2) is 6.99. The van der Waals surface area contributed by atoms with Gasteiger partial charge in [-0.3, -0.25) is 0 Å². The molecular formula is C16H20N2O3Se. The van der Waals surface area contributed by atoms with E-state index in [1.54, 1.807) is 21.9 Å². The average molecular weight is 367 g/mol. The van der Waals surface area contributed by atoms with Crippen LogP contribution in [0.3, 0.4) is 0 Å². The second-order valence-electron chi connectivity index (χ2n) is 5.28. The fourth-order valence-electron chi connectivity index (χ4n) is 2.33. The quantitative estimate of drug-likeness (QED) is 0.472. The van der Waals surface area contributed by atoms with Crippen LogP contribution in [-0.2, 0) is 4.79 Å². The predicted molar refractivity (Wildman–Crippen MR) is 87.5 cm³/mol. The third-order valence-electron chi connectivity index (χ3n) is 3.63. The van der Waals surface area contributed by atoms with Crippen molar-refractivity contribution in [3.63, 3.8) is 0 Å². The summed E-state index contributed by atoms with van der Waals surface area (Å²) in [5.74, 6) is -0.150. The van der Waals surface area contributed by atoms with E-state index in [-0.39, 0.29) is 17.4 Å². The molecule has 1 saturated heterocycles. The Morgan fingerprint density at radius 1 is 1.27 bits per heavy atom. The van der Waals surface area contributed by atoms with Crippen LogP contribution in [0.15, 0.2) is 23.9 Å². The van der Waals surface area contributed by atoms with Gasteiger partial charge in [-0.1, -0.05) is 0 Å². The number of carbonyl (C=O) groups is 1. The molecular weight excluding hydrogens is 347 g/mol. The van der Waals surface area contributed by atoms with Gasteiger partial charge >= 0.3 is 138 Å². The molecule has 0 radical (unpaired) electrons. The van der Waals surface area contributed by atoms with Gasteiger partial charge in [-0.25, -0.2) is 0 Å². The third kappa shape index (κ3) is 3.34. The van der Waals surface area contributed by atoms with Crippen LogP contribution in [-0.4, -0.2) is 59.8 Å². The van der Waals surface area contributed by atoms with Gasteiger partial charge in [-0.05, 0) is 0 Å². The Morgan fingerprint density at radius 3 is 2.64 bits per heavy atom. The summed E-state index contributed by atoms with van der Waals surface area (Å²) in [5, 5.41) is 19.2. The molecule has 1 aliphatic heterocycles. The summed E-state index contributed by atoms with van der Waals surface area (Å²) >= 11 is 2.94. The Hall–Kier alpha value is -1.78. The van der Waals surface area contributed by atoms with Crippen molar-refractivity contribution in [3.05, 3.63) is 29.5 Å². The van der Waals surface area contributed by atoms with E-state index in [1.165, 1.54) is 12.1 Å². The molecule has 1 aromatic carbocycles. The van der Waals surface area contributed by atoms with Gasteiger partial charge < -0.3 is 0 Å². The number of hydrogen-bond acceptors (Lipinski definition) is 4. The molecule has 6 heteroatoms. The summed E-state index contributed by atoms with van der Waals surface area (Å²) in [6.07, 6.45) is 4.77. The summed E-state index contributed by atoms with van der Waals surface area (Å²) < 4.78 is 0.769. The first kappa shape index (κ1) is 16.6. The molecule has 2 rings (SSSR count). The molecule has 118 valence electrons. The second-order valence-corrected chi connectivity index (χ2v) is 6.04. The number of likely N-dealkylation sites (N-methyl/N-ethyl adjacent to an activating group) is 1. The van der Waals surface area contributed by atoms with Crippen molar-refractivity contribution in [2.45, 2.75) is 26.2 Å². The number of rotatable bonds is 5. The zero-order chi connectivity index (χ0) is 16.3. The first-order chi connectivity index (χ1) is 10.5. The van der Waals surface area contributed by atoms with Gasteiger partial charge in [-0.2, -0.15) is 0 Å². The van der Waals surface area contributed by atoms with Crippen molar-refractivity contribution >= 4 is 32.2 Å². The summed E-state index contributed by atoms with van der Waals surface area (Å²) in [5.41, 5.74) is 0.988. The maximum absolute atomic E-state index is 12.5. The number of aromatic hydroxyl groups is 2. The minimum absolute atomic E-state index is 0.0111. The van der Waals surface area contributed by atoms with Crippen LogP contribution in [0.5, 0.6) is 11.5 Å². The number of phenols is 2. The fourth-order valence-corrected chi connectivity index (χ4v) is 2.90. The SMILES string of the molecule is CCCCCN1C(=O)C(=Cc2ccc(O)cc2O)N(C)C1=[Se]. The minimum atomic E-state index is -0.0835. The van der Waals surface area contributed by atoms with Crippen molar-refractivity contribution in [3.8, 4) is 11.5 Å². The molecule has 0 bridgehead atoms. The van der Waals surface area contributed by atoms with Gasteiger partial charge in [0.25, 0.3) is 0 Å². The van der Waals surface area contributed by atoms with Crippen molar-refractivity contribution in [1.29, 1.82) is 0 Å². The molecule has 1 aliphatic rings. The van der Waals surface area contributed by atoms with E-state index in [0.717, 1.165) is 23.9 Å². The zero-order valence-corrected chi connectivity index (χ0v) is 14.5. The Bertz CT molecular complexity index is 628. The third-order valence-corrected chi connectivity index (χ3v) is 4.67. The molecule has 0 atom stereocenters. The van der Waals surface area contributed by atoms with Gasteiger partial charge in [-0.15, -0.1) is 0 Å². The van der Waals surface area contributed by atoms with Crippen molar-refractivity contribution in [2.24, 2.45) is 0 Å². The summed E-state index contributed by atoms with van der Waals surface area (Å²) in [6.45, 7) is 2.80. The Kier molecular flexibility index (Phi) is 5.27. The molecule has 0 spiro atoms. The normalized spacial score (nSPS) is 16.9. The fraction of sp³-hybridized carbons (Fsp3) is 0.375. The molecule has 1 amide bonds. The summed E-state index contributed by atoms with van der Waals surface area (Å²) in [6, 6.07) is 4.32. The molecule has 0 aliphatic carbocycles. The molecule has 2 N–H and O–H groups in total. The van der Waals surface area contributed by atoms with E-state index in [2.05, 4.69) is 22.5 Å². The molecule has 1 heterocycles. The molecule has 1 aromatic rings. The van der Waals surface area contributed by atoms with Crippen LogP contribution in [0.4, 0.5) is 0 Å². The number of benzene rings is 1. The maximum atomic E-state index is 12.5. The van der Waals surface area contributed by atoms with Crippen LogP contribution in [0.2, 0.25) is 0 Å². The van der Waals surface area contributed by atoms with Gasteiger partial charge in [0.2, 0.25) is 0 Å². The molecule has 22 heavy (non-hydrogen) atoms. The predicted octanol–water partition coefficient (Wildman–Crippen LogP) is 1.66. The van der Waals surface area contributed by atoms with Crippen LogP contribution in [0.1, 0.15) is 31.7 Å². The first-order valence-corrected chi connectivity index (χ1v) is 8.14. The Balaban J connectivity index is 2.25. The van der Waals surface area contributed by atoms with E-state index in [1.807, 2.05) is 7.05 Å². The summed E-state index contributed by atoms with van der Waals surface area (Å²) in [4.78, 5) is 16.0. The number of hydrogen-bond donors (Lipinski definition) is 2. The van der Waals surface area contributed by atoms with Crippen LogP contribution < -0.4 is 0 Å². The molecule has 1 fully saturated rings. The Morgan fingerprint density at radius 2 is 2.00 bits per heavy atom. The van der Waals surface area contributed by atoms with Crippen molar-refractivity contribution in [2.75, 3.05) is 13.6 Å². The topological polar surface area (TPSA) is 64.0 Å². The van der Waals surface area contributed by atoms with Gasteiger partial charge in [0.05, 0.1) is 0 Å². The Labute approximate surface area is 138 Å². The molecule has 0 saturated carbocycles. The first-order valence-electron chi connectivity index (χ1n) is 7.29. The number of unbranched alkanes of at least 4 members (excludes halogenated alkanes) is 2. The van der Waals surface area contributed by atoms with E-state index < -0.39 is 0 Å². The average Bonchev–Trinajstić information content (AvgIpc) is 2.67. The van der Waals surface area contributed by atoms with E-state index in [9.17, 15) is 15.0 Å².